The molecule has 0 aliphatic heterocycles. The summed E-state index contributed by atoms with van der Waals surface area (Å²) < 4.78 is 1.71. The minimum atomic E-state index is -0.952. The summed E-state index contributed by atoms with van der Waals surface area (Å²) in [5.74, 6) is -0.952. The molecule has 0 aliphatic carbocycles. The fourth-order valence-electron chi connectivity index (χ4n) is 1.46. The number of carboxylic acid groups (broad SMARTS) is 1. The molecule has 2 aromatic rings. The Labute approximate surface area is 98.0 Å². The molecule has 2 rings (SSSR count). The molecule has 0 fully saturated rings. The molecular formula is C12H11N3O2. The van der Waals surface area contributed by atoms with Gasteiger partial charge in [0.05, 0.1) is 6.54 Å². The Balaban J connectivity index is 2.14. The third kappa shape index (κ3) is 3.27. The first kappa shape index (κ1) is 11.1. The predicted octanol–water partition coefficient (Wildman–Crippen LogP) is 1.42. The quantitative estimate of drug-likeness (QED) is 0.805. The van der Waals surface area contributed by atoms with Crippen molar-refractivity contribution in [3.63, 3.8) is 0 Å². The molecule has 0 unspecified atom stereocenters. The average Bonchev–Trinajstić information content (AvgIpc) is 2.80. The van der Waals surface area contributed by atoms with E-state index in [4.69, 9.17) is 5.11 Å². The zero-order chi connectivity index (χ0) is 12.1. The number of nitrogens with zero attached hydrogens (tertiary/aromatic N) is 3. The summed E-state index contributed by atoms with van der Waals surface area (Å²) in [4.78, 5) is 14.3. The highest BCUT2D eigenvalue weighted by atomic mass is 16.4. The smallest absolute Gasteiger partial charge is 0.328 e. The summed E-state index contributed by atoms with van der Waals surface area (Å²) in [5, 5.41) is 12.6. The summed E-state index contributed by atoms with van der Waals surface area (Å²) in [6, 6.07) is 7.61. The lowest BCUT2D eigenvalue weighted by molar-refractivity contribution is -0.131. The predicted molar refractivity (Wildman–Crippen MR) is 62.2 cm³/mol. The van der Waals surface area contributed by atoms with Crippen molar-refractivity contribution in [1.29, 1.82) is 0 Å². The van der Waals surface area contributed by atoms with E-state index in [9.17, 15) is 4.79 Å². The summed E-state index contributed by atoms with van der Waals surface area (Å²) >= 11 is 0. The Morgan fingerprint density at radius 2 is 2.35 bits per heavy atom. The van der Waals surface area contributed by atoms with Crippen LogP contribution in [0.1, 0.15) is 11.1 Å². The van der Waals surface area contributed by atoms with Crippen molar-refractivity contribution >= 4 is 12.0 Å². The third-order valence-electron chi connectivity index (χ3n) is 2.18. The van der Waals surface area contributed by atoms with E-state index in [0.717, 1.165) is 17.2 Å². The van der Waals surface area contributed by atoms with Gasteiger partial charge in [0.1, 0.15) is 12.7 Å². The first-order valence-electron chi connectivity index (χ1n) is 5.06. The molecule has 5 heteroatoms. The van der Waals surface area contributed by atoms with Crippen molar-refractivity contribution in [3.8, 4) is 0 Å². The van der Waals surface area contributed by atoms with Gasteiger partial charge < -0.3 is 5.11 Å². The number of hydrogen-bond acceptors (Lipinski definition) is 3. The molecule has 0 amide bonds. The Hall–Kier alpha value is -2.43. The van der Waals surface area contributed by atoms with Gasteiger partial charge in [-0.25, -0.2) is 14.5 Å². The Bertz CT molecular complexity index is 532. The molecule has 86 valence electrons. The van der Waals surface area contributed by atoms with Crippen LogP contribution in [-0.4, -0.2) is 25.8 Å². The topological polar surface area (TPSA) is 68.0 Å². The SMILES string of the molecule is O=C(O)C=Cc1cccc(Cn2cncn2)c1. The minimum absolute atomic E-state index is 0.620. The molecule has 0 bridgehead atoms. The van der Waals surface area contributed by atoms with Crippen LogP contribution < -0.4 is 0 Å². The van der Waals surface area contributed by atoms with E-state index in [0.29, 0.717) is 6.54 Å². The zero-order valence-electron chi connectivity index (χ0n) is 9.02. The van der Waals surface area contributed by atoms with Crippen LogP contribution in [0.2, 0.25) is 0 Å². The second kappa shape index (κ2) is 5.07. The molecule has 17 heavy (non-hydrogen) atoms. The van der Waals surface area contributed by atoms with E-state index in [1.54, 1.807) is 17.1 Å². The number of carbonyl (C=O) groups is 1. The van der Waals surface area contributed by atoms with Gasteiger partial charge in [0.25, 0.3) is 0 Å². The number of rotatable bonds is 4. The van der Waals surface area contributed by atoms with Gasteiger partial charge in [-0.05, 0) is 23.3 Å². The molecule has 1 aromatic heterocycles. The lowest BCUT2D eigenvalue weighted by Crippen LogP contribution is -1.99. The summed E-state index contributed by atoms with van der Waals surface area (Å²) in [5.41, 5.74) is 1.90. The summed E-state index contributed by atoms with van der Waals surface area (Å²) in [6.07, 6.45) is 5.80. The van der Waals surface area contributed by atoms with Crippen molar-refractivity contribution in [2.75, 3.05) is 0 Å². The molecule has 0 aliphatic rings. The molecule has 0 radical (unpaired) electrons. The van der Waals surface area contributed by atoms with E-state index in [1.165, 1.54) is 6.33 Å². The highest BCUT2D eigenvalue weighted by Gasteiger charge is 1.96. The largest absolute Gasteiger partial charge is 0.478 e. The van der Waals surface area contributed by atoms with Crippen LogP contribution in [0, 0.1) is 0 Å². The number of carboxylic acids is 1. The Morgan fingerprint density at radius 1 is 1.47 bits per heavy atom. The molecule has 5 nitrogen and oxygen atoms in total. The van der Waals surface area contributed by atoms with Gasteiger partial charge in [-0.2, -0.15) is 5.10 Å². The lowest BCUT2D eigenvalue weighted by atomic mass is 10.1. The van der Waals surface area contributed by atoms with Gasteiger partial charge in [-0.15, -0.1) is 0 Å². The second-order valence-corrected chi connectivity index (χ2v) is 3.51. The van der Waals surface area contributed by atoms with Gasteiger partial charge >= 0.3 is 5.97 Å². The van der Waals surface area contributed by atoms with Crippen LogP contribution in [0.15, 0.2) is 43.0 Å². The number of benzene rings is 1. The zero-order valence-corrected chi connectivity index (χ0v) is 9.02. The average molecular weight is 229 g/mol. The summed E-state index contributed by atoms with van der Waals surface area (Å²) in [7, 11) is 0. The molecule has 0 saturated heterocycles. The normalized spacial score (nSPS) is 10.8. The number of hydrogen-bond donors (Lipinski definition) is 1. The van der Waals surface area contributed by atoms with Crippen molar-refractivity contribution in [2.45, 2.75) is 6.54 Å². The van der Waals surface area contributed by atoms with Crippen molar-refractivity contribution in [2.24, 2.45) is 0 Å². The van der Waals surface area contributed by atoms with Gasteiger partial charge in [0, 0.05) is 6.08 Å². The Kier molecular flexibility index (Phi) is 3.30. The molecule has 1 N–H and O–H groups in total. The van der Waals surface area contributed by atoms with Crippen molar-refractivity contribution in [1.82, 2.24) is 14.8 Å². The van der Waals surface area contributed by atoms with Crippen molar-refractivity contribution in [3.05, 3.63) is 54.1 Å². The third-order valence-corrected chi connectivity index (χ3v) is 2.18. The van der Waals surface area contributed by atoms with Crippen LogP contribution in [0.25, 0.3) is 6.08 Å². The second-order valence-electron chi connectivity index (χ2n) is 3.51. The molecule has 0 spiro atoms. The van der Waals surface area contributed by atoms with Gasteiger partial charge in [-0.3, -0.25) is 0 Å². The van der Waals surface area contributed by atoms with E-state index in [-0.39, 0.29) is 0 Å². The van der Waals surface area contributed by atoms with Crippen LogP contribution in [-0.2, 0) is 11.3 Å². The van der Waals surface area contributed by atoms with E-state index in [2.05, 4.69) is 10.1 Å². The highest BCUT2D eigenvalue weighted by molar-refractivity contribution is 5.85. The van der Waals surface area contributed by atoms with Crippen LogP contribution in [0.5, 0.6) is 0 Å². The maximum atomic E-state index is 10.4. The maximum Gasteiger partial charge on any atom is 0.328 e. The van der Waals surface area contributed by atoms with Crippen molar-refractivity contribution < 1.29 is 9.90 Å². The molecular weight excluding hydrogens is 218 g/mol. The van der Waals surface area contributed by atoms with Gasteiger partial charge in [0.2, 0.25) is 0 Å². The first-order valence-corrected chi connectivity index (χ1v) is 5.06. The fraction of sp³-hybridized carbons (Fsp3) is 0.0833. The van der Waals surface area contributed by atoms with Gasteiger partial charge in [0.15, 0.2) is 0 Å². The van der Waals surface area contributed by atoms with E-state index in [1.807, 2.05) is 24.3 Å². The van der Waals surface area contributed by atoms with Crippen LogP contribution in [0.4, 0.5) is 0 Å². The molecule has 0 saturated carbocycles. The van der Waals surface area contributed by atoms with Crippen LogP contribution in [0.3, 0.4) is 0 Å². The maximum absolute atomic E-state index is 10.4. The fourth-order valence-corrected chi connectivity index (χ4v) is 1.46. The Morgan fingerprint density at radius 3 is 3.06 bits per heavy atom. The standard InChI is InChI=1S/C12H11N3O2/c16-12(17)5-4-10-2-1-3-11(6-10)7-15-9-13-8-14-15/h1-6,8-9H,7H2,(H,16,17). The molecule has 0 atom stereocenters. The minimum Gasteiger partial charge on any atom is -0.478 e. The number of aliphatic carboxylic acids is 1. The highest BCUT2D eigenvalue weighted by Crippen LogP contribution is 2.08. The van der Waals surface area contributed by atoms with Crippen LogP contribution >= 0.6 is 0 Å². The monoisotopic (exact) mass is 229 g/mol. The molecule has 1 aromatic carbocycles. The van der Waals surface area contributed by atoms with E-state index < -0.39 is 5.97 Å². The molecule has 1 heterocycles. The lowest BCUT2D eigenvalue weighted by Gasteiger charge is -2.02. The van der Waals surface area contributed by atoms with E-state index >= 15 is 0 Å². The summed E-state index contributed by atoms with van der Waals surface area (Å²) in [6.45, 7) is 0.620. The first-order chi connectivity index (χ1) is 8.24. The number of aromatic nitrogens is 3. The van der Waals surface area contributed by atoms with Gasteiger partial charge in [-0.1, -0.05) is 18.2 Å².